The van der Waals surface area contributed by atoms with E-state index in [1.54, 1.807) is 6.07 Å². The molecule has 0 unspecified atom stereocenters. The summed E-state index contributed by atoms with van der Waals surface area (Å²) in [5.74, 6) is 0. The largest absolute Gasteiger partial charge is 0.389 e. The number of nitrogens with zero attached hydrogens (tertiary/aromatic N) is 1. The van der Waals surface area contributed by atoms with Gasteiger partial charge in [0.15, 0.2) is 0 Å². The Kier molecular flexibility index (Phi) is 5.56. The molecule has 1 aliphatic carbocycles. The molecular formula is C15H21ClN2O3. The molecule has 1 saturated carbocycles. The van der Waals surface area contributed by atoms with Crippen molar-refractivity contribution in [1.82, 2.24) is 5.32 Å². The Balaban J connectivity index is 1.91. The Bertz CT molecular complexity index is 500. The van der Waals surface area contributed by atoms with Crippen molar-refractivity contribution in [3.05, 3.63) is 38.9 Å². The summed E-state index contributed by atoms with van der Waals surface area (Å²) in [6.45, 7) is 1.00. The van der Waals surface area contributed by atoms with Crippen molar-refractivity contribution >= 4 is 17.3 Å². The number of halogens is 1. The Morgan fingerprint density at radius 3 is 2.57 bits per heavy atom. The lowest BCUT2D eigenvalue weighted by Crippen LogP contribution is -2.39. The van der Waals surface area contributed by atoms with Gasteiger partial charge in [-0.15, -0.1) is 0 Å². The van der Waals surface area contributed by atoms with Crippen molar-refractivity contribution in [1.29, 1.82) is 0 Å². The van der Waals surface area contributed by atoms with Crippen LogP contribution < -0.4 is 5.32 Å². The van der Waals surface area contributed by atoms with Gasteiger partial charge in [-0.1, -0.05) is 43.4 Å². The second kappa shape index (κ2) is 7.20. The predicted molar refractivity (Wildman–Crippen MR) is 82.5 cm³/mol. The molecule has 1 aromatic carbocycles. The van der Waals surface area contributed by atoms with Gasteiger partial charge in [0.05, 0.1) is 10.5 Å². The molecule has 116 valence electrons. The minimum absolute atomic E-state index is 0.0795. The molecule has 0 heterocycles. The smallest absolute Gasteiger partial charge is 0.288 e. The van der Waals surface area contributed by atoms with Crippen LogP contribution in [0.15, 0.2) is 18.2 Å². The van der Waals surface area contributed by atoms with Crippen LogP contribution in [0.1, 0.15) is 44.1 Å². The third-order valence-electron chi connectivity index (χ3n) is 4.02. The zero-order valence-electron chi connectivity index (χ0n) is 12.0. The third kappa shape index (κ3) is 4.66. The summed E-state index contributed by atoms with van der Waals surface area (Å²) < 4.78 is 0. The minimum Gasteiger partial charge on any atom is -0.389 e. The highest BCUT2D eigenvalue weighted by atomic mass is 35.5. The molecule has 0 aromatic heterocycles. The number of hydrogen-bond donors (Lipinski definition) is 2. The van der Waals surface area contributed by atoms with Crippen LogP contribution in [-0.2, 0) is 6.54 Å². The molecule has 0 aliphatic heterocycles. The van der Waals surface area contributed by atoms with Gasteiger partial charge in [-0.3, -0.25) is 10.1 Å². The lowest BCUT2D eigenvalue weighted by Gasteiger charge is -2.27. The molecule has 0 atom stereocenters. The van der Waals surface area contributed by atoms with Crippen molar-refractivity contribution < 1.29 is 10.0 Å². The molecule has 0 bridgehead atoms. The van der Waals surface area contributed by atoms with Gasteiger partial charge < -0.3 is 10.4 Å². The fraction of sp³-hybridized carbons (Fsp3) is 0.600. The first-order valence-corrected chi connectivity index (χ1v) is 7.74. The van der Waals surface area contributed by atoms with Gasteiger partial charge in [0.1, 0.15) is 5.02 Å². The number of benzene rings is 1. The van der Waals surface area contributed by atoms with Gasteiger partial charge in [-0.05, 0) is 24.5 Å². The monoisotopic (exact) mass is 312 g/mol. The van der Waals surface area contributed by atoms with E-state index >= 15 is 0 Å². The molecule has 1 fully saturated rings. The van der Waals surface area contributed by atoms with Gasteiger partial charge in [-0.25, -0.2) is 0 Å². The molecule has 1 aromatic rings. The first-order chi connectivity index (χ1) is 10.0. The Morgan fingerprint density at radius 1 is 1.29 bits per heavy atom. The summed E-state index contributed by atoms with van der Waals surface area (Å²) in [6, 6.07) is 4.78. The molecule has 6 heteroatoms. The van der Waals surface area contributed by atoms with E-state index in [0.29, 0.717) is 13.1 Å². The topological polar surface area (TPSA) is 75.4 Å². The number of nitro groups is 1. The van der Waals surface area contributed by atoms with Crippen molar-refractivity contribution in [3.8, 4) is 0 Å². The molecule has 5 nitrogen and oxygen atoms in total. The first kappa shape index (κ1) is 16.2. The second-order valence-electron chi connectivity index (χ2n) is 5.78. The maximum absolute atomic E-state index is 10.8. The number of nitrogens with one attached hydrogen (secondary N) is 1. The van der Waals surface area contributed by atoms with Crippen LogP contribution in [0.3, 0.4) is 0 Å². The highest BCUT2D eigenvalue weighted by Gasteiger charge is 2.27. The van der Waals surface area contributed by atoms with E-state index in [4.69, 9.17) is 11.6 Å². The zero-order chi connectivity index (χ0) is 15.3. The Labute approximate surface area is 129 Å². The molecule has 0 amide bonds. The van der Waals surface area contributed by atoms with Crippen LogP contribution in [-0.4, -0.2) is 22.2 Å². The normalized spacial score (nSPS) is 18.2. The first-order valence-electron chi connectivity index (χ1n) is 7.36. The Hall–Kier alpha value is -1.17. The SMILES string of the molecule is O=[N+]([O-])c1cc(CNCC2(O)CCCCCC2)ccc1Cl. The van der Waals surface area contributed by atoms with Gasteiger partial charge in [-0.2, -0.15) is 0 Å². The molecule has 0 spiro atoms. The average Bonchev–Trinajstić information content (AvgIpc) is 2.65. The average molecular weight is 313 g/mol. The highest BCUT2D eigenvalue weighted by molar-refractivity contribution is 6.32. The van der Waals surface area contributed by atoms with E-state index in [9.17, 15) is 15.2 Å². The van der Waals surface area contributed by atoms with E-state index in [-0.39, 0.29) is 10.7 Å². The zero-order valence-corrected chi connectivity index (χ0v) is 12.7. The molecular weight excluding hydrogens is 292 g/mol. The van der Waals surface area contributed by atoms with Gasteiger partial charge in [0.25, 0.3) is 5.69 Å². The molecule has 2 rings (SSSR count). The molecule has 2 N–H and O–H groups in total. The standard InChI is InChI=1S/C15H21ClN2O3/c16-13-6-5-12(9-14(13)18(20)21)10-17-11-15(19)7-3-1-2-4-8-15/h5-6,9,17,19H,1-4,7-8,10-11H2. The fourth-order valence-corrected chi connectivity index (χ4v) is 3.00. The summed E-state index contributed by atoms with van der Waals surface area (Å²) >= 11 is 5.79. The van der Waals surface area contributed by atoms with Gasteiger partial charge in [0, 0.05) is 19.2 Å². The van der Waals surface area contributed by atoms with Crippen LogP contribution in [0, 0.1) is 10.1 Å². The molecule has 0 saturated heterocycles. The summed E-state index contributed by atoms with van der Waals surface area (Å²) in [5.41, 5.74) is 0.0713. The Morgan fingerprint density at radius 2 is 1.95 bits per heavy atom. The van der Waals surface area contributed by atoms with Crippen molar-refractivity contribution in [3.63, 3.8) is 0 Å². The van der Waals surface area contributed by atoms with E-state index in [2.05, 4.69) is 5.32 Å². The van der Waals surface area contributed by atoms with Crippen LogP contribution in [0.5, 0.6) is 0 Å². The van der Waals surface area contributed by atoms with Gasteiger partial charge in [0.2, 0.25) is 0 Å². The second-order valence-corrected chi connectivity index (χ2v) is 6.19. The van der Waals surface area contributed by atoms with Gasteiger partial charge >= 0.3 is 0 Å². The highest BCUT2D eigenvalue weighted by Crippen LogP contribution is 2.27. The third-order valence-corrected chi connectivity index (χ3v) is 4.34. The van der Waals surface area contributed by atoms with E-state index in [1.165, 1.54) is 25.0 Å². The summed E-state index contributed by atoms with van der Waals surface area (Å²) in [4.78, 5) is 10.4. The van der Waals surface area contributed by atoms with Crippen molar-refractivity contribution in [2.24, 2.45) is 0 Å². The minimum atomic E-state index is -0.644. The number of nitro benzene ring substituents is 1. The quantitative estimate of drug-likeness (QED) is 0.496. The maximum atomic E-state index is 10.8. The molecule has 1 aliphatic rings. The molecule has 0 radical (unpaired) electrons. The number of rotatable bonds is 5. The van der Waals surface area contributed by atoms with Crippen LogP contribution in [0.4, 0.5) is 5.69 Å². The van der Waals surface area contributed by atoms with E-state index in [0.717, 1.165) is 31.2 Å². The lowest BCUT2D eigenvalue weighted by molar-refractivity contribution is -0.384. The van der Waals surface area contributed by atoms with Crippen LogP contribution in [0.2, 0.25) is 5.02 Å². The number of aliphatic hydroxyl groups is 1. The number of hydrogen-bond acceptors (Lipinski definition) is 4. The van der Waals surface area contributed by atoms with Crippen molar-refractivity contribution in [2.75, 3.05) is 6.54 Å². The fourth-order valence-electron chi connectivity index (χ4n) is 2.81. The summed E-state index contributed by atoms with van der Waals surface area (Å²) in [6.07, 6.45) is 6.13. The van der Waals surface area contributed by atoms with E-state index in [1.807, 2.05) is 0 Å². The predicted octanol–water partition coefficient (Wildman–Crippen LogP) is 3.42. The molecule has 21 heavy (non-hydrogen) atoms. The summed E-state index contributed by atoms with van der Waals surface area (Å²) in [5, 5.41) is 24.7. The van der Waals surface area contributed by atoms with Crippen LogP contribution >= 0.6 is 11.6 Å². The summed E-state index contributed by atoms with van der Waals surface area (Å²) in [7, 11) is 0. The van der Waals surface area contributed by atoms with Crippen molar-refractivity contribution in [2.45, 2.75) is 50.7 Å². The lowest BCUT2D eigenvalue weighted by atomic mass is 9.94. The van der Waals surface area contributed by atoms with E-state index < -0.39 is 10.5 Å². The van der Waals surface area contributed by atoms with Crippen LogP contribution in [0.25, 0.3) is 0 Å². The maximum Gasteiger partial charge on any atom is 0.288 e.